The van der Waals surface area contributed by atoms with Gasteiger partial charge in [-0.3, -0.25) is 4.68 Å². The second kappa shape index (κ2) is 6.08. The van der Waals surface area contributed by atoms with Crippen LogP contribution in [0.5, 0.6) is 0 Å². The molecule has 0 spiro atoms. The molecular formula is C16H29N3. The van der Waals surface area contributed by atoms with Crippen LogP contribution in [0.2, 0.25) is 0 Å². The van der Waals surface area contributed by atoms with Crippen LogP contribution in [-0.4, -0.2) is 16.3 Å². The lowest BCUT2D eigenvalue weighted by Crippen LogP contribution is -2.40. The van der Waals surface area contributed by atoms with Gasteiger partial charge < -0.3 is 5.32 Å². The Kier molecular flexibility index (Phi) is 4.67. The number of nitrogens with one attached hydrogen (secondary N) is 1. The van der Waals surface area contributed by atoms with Crippen molar-refractivity contribution in [2.45, 2.75) is 66.0 Å². The minimum absolute atomic E-state index is 0.425. The highest BCUT2D eigenvalue weighted by Crippen LogP contribution is 2.46. The number of hydrogen-bond donors (Lipinski definition) is 1. The van der Waals surface area contributed by atoms with E-state index in [4.69, 9.17) is 0 Å². The molecular weight excluding hydrogens is 234 g/mol. The maximum Gasteiger partial charge on any atom is 0.0556 e. The third kappa shape index (κ3) is 3.02. The van der Waals surface area contributed by atoms with Crippen molar-refractivity contribution in [1.29, 1.82) is 0 Å². The molecule has 0 radical (unpaired) electrons. The summed E-state index contributed by atoms with van der Waals surface area (Å²) in [5.41, 5.74) is 1.79. The van der Waals surface area contributed by atoms with Crippen LogP contribution in [0.25, 0.3) is 0 Å². The summed E-state index contributed by atoms with van der Waals surface area (Å²) >= 11 is 0. The summed E-state index contributed by atoms with van der Waals surface area (Å²) in [6.07, 6.45) is 7.38. The first-order chi connectivity index (χ1) is 9.10. The fourth-order valence-corrected chi connectivity index (χ4v) is 3.68. The number of nitrogens with zero attached hydrogens (tertiary/aromatic N) is 2. The van der Waals surface area contributed by atoms with E-state index in [-0.39, 0.29) is 0 Å². The molecule has 2 atom stereocenters. The molecule has 2 rings (SSSR count). The van der Waals surface area contributed by atoms with E-state index in [1.807, 2.05) is 6.20 Å². The smallest absolute Gasteiger partial charge is 0.0556 e. The van der Waals surface area contributed by atoms with Crippen molar-refractivity contribution in [2.75, 3.05) is 6.54 Å². The maximum absolute atomic E-state index is 4.46. The van der Waals surface area contributed by atoms with Crippen LogP contribution in [0.4, 0.5) is 0 Å². The van der Waals surface area contributed by atoms with Gasteiger partial charge in [-0.2, -0.15) is 5.10 Å². The molecule has 3 nitrogen and oxygen atoms in total. The molecule has 1 N–H and O–H groups in total. The zero-order valence-corrected chi connectivity index (χ0v) is 12.9. The summed E-state index contributed by atoms with van der Waals surface area (Å²) in [6.45, 7) is 11.2. The van der Waals surface area contributed by atoms with E-state index in [0.29, 0.717) is 17.4 Å². The zero-order chi connectivity index (χ0) is 13.9. The Morgan fingerprint density at radius 3 is 2.84 bits per heavy atom. The molecule has 1 aliphatic rings. The Labute approximate surface area is 117 Å². The molecule has 1 aliphatic carbocycles. The van der Waals surface area contributed by atoms with Crippen LogP contribution >= 0.6 is 0 Å². The average molecular weight is 263 g/mol. The Bertz CT molecular complexity index is 394. The van der Waals surface area contributed by atoms with Gasteiger partial charge in [0.05, 0.1) is 11.7 Å². The van der Waals surface area contributed by atoms with Gasteiger partial charge in [-0.15, -0.1) is 0 Å². The summed E-state index contributed by atoms with van der Waals surface area (Å²) < 4.78 is 2.15. The van der Waals surface area contributed by atoms with E-state index in [0.717, 1.165) is 13.1 Å². The molecule has 3 heteroatoms. The van der Waals surface area contributed by atoms with Gasteiger partial charge in [0.1, 0.15) is 0 Å². The third-order valence-corrected chi connectivity index (χ3v) is 4.78. The molecule has 108 valence electrons. The van der Waals surface area contributed by atoms with Gasteiger partial charge >= 0.3 is 0 Å². The summed E-state index contributed by atoms with van der Waals surface area (Å²) in [6, 6.07) is 2.64. The highest BCUT2D eigenvalue weighted by Gasteiger charge is 2.38. The molecule has 0 aliphatic heterocycles. The van der Waals surface area contributed by atoms with E-state index in [2.05, 4.69) is 48.9 Å². The van der Waals surface area contributed by atoms with Gasteiger partial charge in [0.2, 0.25) is 0 Å². The predicted molar refractivity (Wildman–Crippen MR) is 80.1 cm³/mol. The monoisotopic (exact) mass is 263 g/mol. The summed E-state index contributed by atoms with van der Waals surface area (Å²) in [4.78, 5) is 0. The van der Waals surface area contributed by atoms with Gasteiger partial charge in [-0.05, 0) is 43.7 Å². The Hall–Kier alpha value is -0.830. The second-order valence-corrected chi connectivity index (χ2v) is 6.45. The largest absolute Gasteiger partial charge is 0.309 e. The highest BCUT2D eigenvalue weighted by molar-refractivity contribution is 5.11. The highest BCUT2D eigenvalue weighted by atomic mass is 15.3. The van der Waals surface area contributed by atoms with Crippen molar-refractivity contribution >= 4 is 0 Å². The molecule has 1 aromatic rings. The van der Waals surface area contributed by atoms with E-state index < -0.39 is 0 Å². The van der Waals surface area contributed by atoms with Crippen molar-refractivity contribution in [3.63, 3.8) is 0 Å². The second-order valence-electron chi connectivity index (χ2n) is 6.45. The molecule has 19 heavy (non-hydrogen) atoms. The molecule has 0 amide bonds. The number of aryl methyl sites for hydroxylation is 1. The van der Waals surface area contributed by atoms with Crippen LogP contribution in [0.1, 0.15) is 65.1 Å². The SMILES string of the molecule is CCNC(c1ccnn1CC)C1CCCCC1(C)C. The molecule has 2 unspecified atom stereocenters. The van der Waals surface area contributed by atoms with Crippen molar-refractivity contribution in [1.82, 2.24) is 15.1 Å². The lowest BCUT2D eigenvalue weighted by Gasteiger charge is -2.43. The molecule has 0 aromatic carbocycles. The van der Waals surface area contributed by atoms with Crippen LogP contribution in [0.15, 0.2) is 12.3 Å². The first-order valence-corrected chi connectivity index (χ1v) is 7.85. The average Bonchev–Trinajstić information content (AvgIpc) is 2.84. The first-order valence-electron chi connectivity index (χ1n) is 7.85. The lowest BCUT2D eigenvalue weighted by molar-refractivity contribution is 0.0954. The van der Waals surface area contributed by atoms with Crippen molar-refractivity contribution in [3.05, 3.63) is 18.0 Å². The molecule has 1 fully saturated rings. The van der Waals surface area contributed by atoms with E-state index in [1.165, 1.54) is 31.4 Å². The predicted octanol–water partition coefficient (Wildman–Crippen LogP) is 3.77. The molecule has 0 bridgehead atoms. The summed E-state index contributed by atoms with van der Waals surface area (Å²) in [5.74, 6) is 0.711. The van der Waals surface area contributed by atoms with Gasteiger partial charge in [-0.1, -0.05) is 33.6 Å². The van der Waals surface area contributed by atoms with Gasteiger partial charge in [0.15, 0.2) is 0 Å². The molecule has 1 heterocycles. The number of rotatable bonds is 5. The van der Waals surface area contributed by atoms with Gasteiger partial charge in [0, 0.05) is 12.7 Å². The minimum atomic E-state index is 0.425. The Morgan fingerprint density at radius 2 is 2.21 bits per heavy atom. The van der Waals surface area contributed by atoms with Crippen molar-refractivity contribution in [3.8, 4) is 0 Å². The van der Waals surface area contributed by atoms with Crippen LogP contribution in [-0.2, 0) is 6.54 Å². The fourth-order valence-electron chi connectivity index (χ4n) is 3.68. The molecule has 1 saturated carbocycles. The van der Waals surface area contributed by atoms with E-state index >= 15 is 0 Å². The van der Waals surface area contributed by atoms with E-state index in [1.54, 1.807) is 0 Å². The normalized spacial score (nSPS) is 24.3. The number of hydrogen-bond acceptors (Lipinski definition) is 2. The van der Waals surface area contributed by atoms with Gasteiger partial charge in [0.25, 0.3) is 0 Å². The number of aromatic nitrogens is 2. The van der Waals surface area contributed by atoms with Crippen LogP contribution in [0.3, 0.4) is 0 Å². The molecule has 1 aromatic heterocycles. The van der Waals surface area contributed by atoms with Crippen LogP contribution < -0.4 is 5.32 Å². The molecule has 0 saturated heterocycles. The standard InChI is InChI=1S/C16H29N3/c1-5-17-15(14-10-12-18-19(14)6-2)13-9-7-8-11-16(13,3)4/h10,12-13,15,17H,5-9,11H2,1-4H3. The quantitative estimate of drug-likeness (QED) is 0.876. The summed E-state index contributed by atoms with van der Waals surface area (Å²) in [5, 5.41) is 8.18. The van der Waals surface area contributed by atoms with Crippen molar-refractivity contribution < 1.29 is 0 Å². The first kappa shape index (κ1) is 14.6. The minimum Gasteiger partial charge on any atom is -0.309 e. The maximum atomic E-state index is 4.46. The third-order valence-electron chi connectivity index (χ3n) is 4.78. The Morgan fingerprint density at radius 1 is 1.42 bits per heavy atom. The topological polar surface area (TPSA) is 29.9 Å². The van der Waals surface area contributed by atoms with E-state index in [9.17, 15) is 0 Å². The van der Waals surface area contributed by atoms with Gasteiger partial charge in [-0.25, -0.2) is 0 Å². The summed E-state index contributed by atoms with van der Waals surface area (Å²) in [7, 11) is 0. The fraction of sp³-hybridized carbons (Fsp3) is 0.812. The van der Waals surface area contributed by atoms with Crippen molar-refractivity contribution in [2.24, 2.45) is 11.3 Å². The lowest BCUT2D eigenvalue weighted by atomic mass is 9.65. The Balaban J connectivity index is 2.29. The zero-order valence-electron chi connectivity index (χ0n) is 12.9. The van der Waals surface area contributed by atoms with Crippen LogP contribution in [0, 0.1) is 11.3 Å².